The first kappa shape index (κ1) is 16.2. The highest BCUT2D eigenvalue weighted by molar-refractivity contribution is 7.84. The van der Waals surface area contributed by atoms with E-state index in [-0.39, 0.29) is 11.5 Å². The first-order valence-electron chi connectivity index (χ1n) is 6.76. The molecule has 0 fully saturated rings. The molecule has 116 valence electrons. The molecule has 0 saturated heterocycles. The van der Waals surface area contributed by atoms with Crippen LogP contribution in [0.3, 0.4) is 0 Å². The molecule has 0 aromatic heterocycles. The molecular formula is C17H18O4S. The van der Waals surface area contributed by atoms with Crippen molar-refractivity contribution in [2.75, 3.05) is 14.2 Å². The average molecular weight is 318 g/mol. The number of hydrogen-bond acceptors (Lipinski definition) is 4. The minimum absolute atomic E-state index is 0.0352. The van der Waals surface area contributed by atoms with Crippen molar-refractivity contribution in [2.24, 2.45) is 0 Å². The third-order valence-electron chi connectivity index (χ3n) is 3.29. The number of rotatable bonds is 6. The maximum absolute atomic E-state index is 12.6. The lowest BCUT2D eigenvalue weighted by molar-refractivity contribution is 0.101. The Hall–Kier alpha value is -2.14. The lowest BCUT2D eigenvalue weighted by atomic mass is 10.1. The fraction of sp³-hybridized carbons (Fsp3) is 0.235. The molecule has 0 radical (unpaired) electrons. The fourth-order valence-electron chi connectivity index (χ4n) is 2.14. The molecule has 0 amide bonds. The van der Waals surface area contributed by atoms with Gasteiger partial charge in [-0.05, 0) is 37.3 Å². The normalized spacial score (nSPS) is 11.8. The molecule has 2 aromatic carbocycles. The molecule has 0 aliphatic rings. The van der Waals surface area contributed by atoms with Gasteiger partial charge in [0, 0.05) is 11.1 Å². The van der Waals surface area contributed by atoms with E-state index in [1.807, 2.05) is 12.1 Å². The molecule has 0 N–H and O–H groups in total. The highest BCUT2D eigenvalue weighted by Gasteiger charge is 2.14. The largest absolute Gasteiger partial charge is 0.496 e. The van der Waals surface area contributed by atoms with Crippen molar-refractivity contribution >= 4 is 16.6 Å². The van der Waals surface area contributed by atoms with Gasteiger partial charge in [-0.1, -0.05) is 12.1 Å². The van der Waals surface area contributed by atoms with E-state index < -0.39 is 10.8 Å². The summed E-state index contributed by atoms with van der Waals surface area (Å²) < 4.78 is 23.2. The molecular weight excluding hydrogens is 300 g/mol. The highest BCUT2D eigenvalue weighted by atomic mass is 32.2. The van der Waals surface area contributed by atoms with E-state index in [1.54, 1.807) is 44.6 Å². The number of methoxy groups -OCH3 is 2. The second-order valence-corrected chi connectivity index (χ2v) is 6.14. The van der Waals surface area contributed by atoms with Crippen molar-refractivity contribution in [3.63, 3.8) is 0 Å². The minimum atomic E-state index is -1.30. The molecule has 22 heavy (non-hydrogen) atoms. The first-order chi connectivity index (χ1) is 10.6. The van der Waals surface area contributed by atoms with E-state index in [4.69, 9.17) is 9.47 Å². The summed E-state index contributed by atoms with van der Waals surface area (Å²) in [4.78, 5) is 12.1. The second-order valence-electron chi connectivity index (χ2n) is 4.72. The van der Waals surface area contributed by atoms with Crippen LogP contribution < -0.4 is 9.47 Å². The van der Waals surface area contributed by atoms with Crippen LogP contribution in [0.5, 0.6) is 11.5 Å². The lowest BCUT2D eigenvalue weighted by Crippen LogP contribution is -2.03. The van der Waals surface area contributed by atoms with Crippen molar-refractivity contribution in [3.05, 3.63) is 53.6 Å². The standard InChI is InChI=1S/C17H18O4S/c1-12(18)13-8-9-15(20-2)14(10-13)11-22(19)17-7-5-4-6-16(17)21-3/h4-10H,11H2,1-3H3/t22-/m0/s1. The van der Waals surface area contributed by atoms with Gasteiger partial charge in [0.2, 0.25) is 0 Å². The summed E-state index contributed by atoms with van der Waals surface area (Å²) in [6.45, 7) is 1.50. The molecule has 0 heterocycles. The van der Waals surface area contributed by atoms with E-state index in [9.17, 15) is 9.00 Å². The highest BCUT2D eigenvalue weighted by Crippen LogP contribution is 2.27. The zero-order chi connectivity index (χ0) is 16.1. The summed E-state index contributed by atoms with van der Waals surface area (Å²) in [5.41, 5.74) is 1.31. The van der Waals surface area contributed by atoms with Crippen LogP contribution in [0.2, 0.25) is 0 Å². The van der Waals surface area contributed by atoms with Crippen molar-refractivity contribution in [1.29, 1.82) is 0 Å². The van der Waals surface area contributed by atoms with E-state index in [0.717, 1.165) is 5.56 Å². The Labute approximate surface area is 132 Å². The Morgan fingerprint density at radius 2 is 1.73 bits per heavy atom. The minimum Gasteiger partial charge on any atom is -0.496 e. The van der Waals surface area contributed by atoms with Crippen LogP contribution in [0.15, 0.2) is 47.4 Å². The van der Waals surface area contributed by atoms with Gasteiger partial charge in [0.05, 0.1) is 35.7 Å². The smallest absolute Gasteiger partial charge is 0.159 e. The molecule has 2 rings (SSSR count). The van der Waals surface area contributed by atoms with Gasteiger partial charge in [0.15, 0.2) is 5.78 Å². The summed E-state index contributed by atoms with van der Waals surface area (Å²) in [7, 11) is 1.81. The molecule has 0 aliphatic carbocycles. The van der Waals surface area contributed by atoms with Crippen LogP contribution in [0, 0.1) is 0 Å². The summed E-state index contributed by atoms with van der Waals surface area (Å²) >= 11 is 0. The fourth-order valence-corrected chi connectivity index (χ4v) is 3.41. The zero-order valence-corrected chi connectivity index (χ0v) is 13.6. The van der Waals surface area contributed by atoms with Crippen molar-refractivity contribution in [1.82, 2.24) is 0 Å². The third-order valence-corrected chi connectivity index (χ3v) is 4.69. The first-order valence-corrected chi connectivity index (χ1v) is 8.08. The van der Waals surface area contributed by atoms with Crippen LogP contribution in [0.1, 0.15) is 22.8 Å². The molecule has 0 saturated carbocycles. The van der Waals surface area contributed by atoms with Crippen molar-refractivity contribution in [3.8, 4) is 11.5 Å². The molecule has 5 heteroatoms. The van der Waals surface area contributed by atoms with Gasteiger partial charge in [-0.25, -0.2) is 0 Å². The lowest BCUT2D eigenvalue weighted by Gasteiger charge is -2.11. The number of benzene rings is 2. The van der Waals surface area contributed by atoms with Gasteiger partial charge in [-0.2, -0.15) is 0 Å². The third kappa shape index (κ3) is 3.54. The molecule has 2 aromatic rings. The molecule has 0 bridgehead atoms. The monoisotopic (exact) mass is 318 g/mol. The number of hydrogen-bond donors (Lipinski definition) is 0. The van der Waals surface area contributed by atoms with Crippen LogP contribution >= 0.6 is 0 Å². The molecule has 0 spiro atoms. The van der Waals surface area contributed by atoms with Gasteiger partial charge in [0.1, 0.15) is 11.5 Å². The molecule has 0 unspecified atom stereocenters. The summed E-state index contributed by atoms with van der Waals surface area (Å²) in [5.74, 6) is 1.42. The predicted molar refractivity (Wildman–Crippen MR) is 86.1 cm³/mol. The Balaban J connectivity index is 2.35. The van der Waals surface area contributed by atoms with Crippen LogP contribution in [0.4, 0.5) is 0 Å². The SMILES string of the molecule is COc1ccc(C(C)=O)cc1C[S@](=O)c1ccccc1OC. The van der Waals surface area contributed by atoms with E-state index in [1.165, 1.54) is 6.92 Å². The number of carbonyl (C=O) groups is 1. The quantitative estimate of drug-likeness (QED) is 0.768. The number of ketones is 1. The predicted octanol–water partition coefficient (Wildman–Crippen LogP) is 3.21. The topological polar surface area (TPSA) is 52.6 Å². The van der Waals surface area contributed by atoms with E-state index in [0.29, 0.717) is 22.0 Å². The average Bonchev–Trinajstić information content (AvgIpc) is 2.54. The number of Topliss-reactive ketones (excluding diaryl/α,β-unsaturated/α-hetero) is 1. The van der Waals surface area contributed by atoms with Crippen molar-refractivity contribution in [2.45, 2.75) is 17.6 Å². The van der Waals surface area contributed by atoms with Crippen molar-refractivity contribution < 1.29 is 18.5 Å². The number of para-hydroxylation sites is 1. The van der Waals surface area contributed by atoms with Crippen LogP contribution in [-0.2, 0) is 16.6 Å². The summed E-state index contributed by atoms with van der Waals surface area (Å²) in [6.07, 6.45) is 0. The van der Waals surface area contributed by atoms with Gasteiger partial charge in [-0.15, -0.1) is 0 Å². The van der Waals surface area contributed by atoms with Gasteiger partial charge in [0.25, 0.3) is 0 Å². The maximum Gasteiger partial charge on any atom is 0.159 e. The van der Waals surface area contributed by atoms with Gasteiger partial charge in [-0.3, -0.25) is 9.00 Å². The van der Waals surface area contributed by atoms with Crippen LogP contribution in [-0.4, -0.2) is 24.2 Å². The number of carbonyl (C=O) groups excluding carboxylic acids is 1. The number of ether oxygens (including phenoxy) is 2. The Bertz CT molecular complexity index is 710. The van der Waals surface area contributed by atoms with Gasteiger partial charge >= 0.3 is 0 Å². The van der Waals surface area contributed by atoms with Gasteiger partial charge < -0.3 is 9.47 Å². The summed E-state index contributed by atoms with van der Waals surface area (Å²) in [6, 6.07) is 12.4. The Kier molecular flexibility index (Phi) is 5.33. The van der Waals surface area contributed by atoms with E-state index in [2.05, 4.69) is 0 Å². The molecule has 4 nitrogen and oxygen atoms in total. The van der Waals surface area contributed by atoms with Crippen LogP contribution in [0.25, 0.3) is 0 Å². The Morgan fingerprint density at radius 3 is 2.36 bits per heavy atom. The zero-order valence-electron chi connectivity index (χ0n) is 12.8. The molecule has 1 atom stereocenters. The Morgan fingerprint density at radius 1 is 1.05 bits per heavy atom. The molecule has 0 aliphatic heterocycles. The summed E-state index contributed by atoms with van der Waals surface area (Å²) in [5, 5.41) is 0. The maximum atomic E-state index is 12.6. The second kappa shape index (κ2) is 7.22. The van der Waals surface area contributed by atoms with E-state index >= 15 is 0 Å².